The number of rotatable bonds is 7. The Labute approximate surface area is 191 Å². The minimum atomic E-state index is -0.738. The van der Waals surface area contributed by atoms with E-state index >= 15 is 0 Å². The summed E-state index contributed by atoms with van der Waals surface area (Å²) in [7, 11) is 0. The highest BCUT2D eigenvalue weighted by Crippen LogP contribution is 2.27. The average molecular weight is 444 g/mol. The molecular formula is C26H25N3O4. The number of esters is 1. The maximum absolute atomic E-state index is 13.0. The molecule has 7 heteroatoms. The van der Waals surface area contributed by atoms with Gasteiger partial charge in [-0.1, -0.05) is 61.5 Å². The van der Waals surface area contributed by atoms with Crippen molar-refractivity contribution in [2.45, 2.75) is 26.8 Å². The van der Waals surface area contributed by atoms with E-state index in [1.165, 1.54) is 4.68 Å². The van der Waals surface area contributed by atoms with Gasteiger partial charge in [0.05, 0.1) is 11.1 Å². The molecule has 0 spiro atoms. The van der Waals surface area contributed by atoms with E-state index in [-0.39, 0.29) is 17.2 Å². The van der Waals surface area contributed by atoms with Gasteiger partial charge in [0.1, 0.15) is 0 Å². The van der Waals surface area contributed by atoms with Crippen LogP contribution in [0.3, 0.4) is 0 Å². The number of ether oxygens (including phenoxy) is 1. The zero-order chi connectivity index (χ0) is 23.4. The molecule has 0 aliphatic heterocycles. The van der Waals surface area contributed by atoms with Crippen molar-refractivity contribution in [2.75, 3.05) is 18.1 Å². The van der Waals surface area contributed by atoms with Gasteiger partial charge in [0.15, 0.2) is 12.3 Å². The molecule has 0 fully saturated rings. The third kappa shape index (κ3) is 4.35. The van der Waals surface area contributed by atoms with Gasteiger partial charge in [0, 0.05) is 23.9 Å². The minimum absolute atomic E-state index is 0.0275. The Morgan fingerprint density at radius 2 is 1.58 bits per heavy atom. The number of likely N-dealkylation sites (N-methyl/N-ethyl adjacent to an activating group) is 1. The normalized spacial score (nSPS) is 11.0. The third-order valence-corrected chi connectivity index (χ3v) is 5.50. The first-order chi connectivity index (χ1) is 16.0. The first-order valence-electron chi connectivity index (χ1n) is 11.0. The van der Waals surface area contributed by atoms with E-state index in [0.29, 0.717) is 30.3 Å². The third-order valence-electron chi connectivity index (χ3n) is 5.50. The van der Waals surface area contributed by atoms with Crippen molar-refractivity contribution >= 4 is 39.1 Å². The summed E-state index contributed by atoms with van der Waals surface area (Å²) in [6, 6.07) is 20.4. The van der Waals surface area contributed by atoms with Crippen LogP contribution in [0.5, 0.6) is 0 Å². The lowest BCUT2D eigenvalue weighted by Crippen LogP contribution is -2.35. The van der Waals surface area contributed by atoms with Gasteiger partial charge < -0.3 is 9.64 Å². The summed E-state index contributed by atoms with van der Waals surface area (Å²) in [5, 5.41) is 7.01. The van der Waals surface area contributed by atoms with Crippen LogP contribution in [-0.2, 0) is 16.1 Å². The number of hydrogen-bond donors (Lipinski definition) is 0. The van der Waals surface area contributed by atoms with E-state index in [0.717, 1.165) is 16.5 Å². The molecule has 0 aliphatic carbocycles. The van der Waals surface area contributed by atoms with Gasteiger partial charge in [-0.05, 0) is 30.9 Å². The number of aryl methyl sites for hydroxylation is 1. The fourth-order valence-corrected chi connectivity index (χ4v) is 3.95. The lowest BCUT2D eigenvalue weighted by atomic mass is 10.1. The van der Waals surface area contributed by atoms with Crippen molar-refractivity contribution in [3.63, 3.8) is 0 Å². The quantitative estimate of drug-likeness (QED) is 0.401. The van der Waals surface area contributed by atoms with Crippen LogP contribution in [0.25, 0.3) is 21.5 Å². The lowest BCUT2D eigenvalue weighted by Gasteiger charge is -2.22. The summed E-state index contributed by atoms with van der Waals surface area (Å²) in [6.45, 7) is 4.17. The second-order valence-corrected chi connectivity index (χ2v) is 7.63. The van der Waals surface area contributed by atoms with Crippen LogP contribution in [0.4, 0.5) is 5.69 Å². The Hall–Kier alpha value is -4.00. The van der Waals surface area contributed by atoms with Gasteiger partial charge in [-0.15, -0.1) is 0 Å². The lowest BCUT2D eigenvalue weighted by molar-refractivity contribution is -0.121. The van der Waals surface area contributed by atoms with Crippen LogP contribution in [0.2, 0.25) is 0 Å². The summed E-state index contributed by atoms with van der Waals surface area (Å²) in [5.41, 5.74) is 0.532. The largest absolute Gasteiger partial charge is 0.451 e. The second kappa shape index (κ2) is 9.65. The van der Waals surface area contributed by atoms with Crippen molar-refractivity contribution < 1.29 is 14.3 Å². The Kier molecular flexibility index (Phi) is 6.49. The summed E-state index contributed by atoms with van der Waals surface area (Å²) >= 11 is 0. The molecule has 3 aromatic carbocycles. The molecular weight excluding hydrogens is 418 g/mol. The summed E-state index contributed by atoms with van der Waals surface area (Å²) < 4.78 is 6.65. The highest BCUT2D eigenvalue weighted by Gasteiger charge is 2.22. The van der Waals surface area contributed by atoms with Crippen LogP contribution in [0, 0.1) is 0 Å². The fourth-order valence-electron chi connectivity index (χ4n) is 3.95. The number of hydrogen-bond acceptors (Lipinski definition) is 5. The van der Waals surface area contributed by atoms with Gasteiger partial charge in [0.2, 0.25) is 0 Å². The monoisotopic (exact) mass is 443 g/mol. The Bertz CT molecular complexity index is 1390. The highest BCUT2D eigenvalue weighted by molar-refractivity contribution is 6.06. The predicted octanol–water partition coefficient (Wildman–Crippen LogP) is 4.17. The topological polar surface area (TPSA) is 81.5 Å². The van der Waals surface area contributed by atoms with E-state index in [4.69, 9.17) is 4.74 Å². The molecule has 0 N–H and O–H groups in total. The maximum Gasteiger partial charge on any atom is 0.359 e. The van der Waals surface area contributed by atoms with Crippen LogP contribution >= 0.6 is 0 Å². The standard InChI is InChI=1S/C26H25N3O4/c1-3-16-29-25(31)21-14-8-7-13-20(21)24(27-29)26(32)33-17-23(30)28(4-2)22-15-9-11-18-10-5-6-12-19(18)22/h5-15H,3-4,16-17H2,1-2H3. The number of anilines is 1. The molecule has 0 unspecified atom stereocenters. The SMILES string of the molecule is CCCn1nc(C(=O)OCC(=O)N(CC)c2cccc3ccccc23)c2ccccc2c1=O. The molecule has 1 aromatic heterocycles. The Morgan fingerprint density at radius 3 is 2.30 bits per heavy atom. The fraction of sp³-hybridized carbons (Fsp3) is 0.231. The van der Waals surface area contributed by atoms with Gasteiger partial charge >= 0.3 is 5.97 Å². The number of aromatic nitrogens is 2. The number of carbonyl (C=O) groups is 2. The molecule has 4 aromatic rings. The molecule has 7 nitrogen and oxygen atoms in total. The zero-order valence-corrected chi connectivity index (χ0v) is 18.7. The van der Waals surface area contributed by atoms with Crippen LogP contribution in [-0.4, -0.2) is 34.8 Å². The van der Waals surface area contributed by atoms with Gasteiger partial charge in [-0.2, -0.15) is 5.10 Å². The number of fused-ring (bicyclic) bond motifs is 2. The Morgan fingerprint density at radius 1 is 0.909 bits per heavy atom. The van der Waals surface area contributed by atoms with E-state index in [9.17, 15) is 14.4 Å². The summed E-state index contributed by atoms with van der Waals surface area (Å²) in [6.07, 6.45) is 0.689. The summed E-state index contributed by atoms with van der Waals surface area (Å²) in [5.74, 6) is -1.08. The van der Waals surface area contributed by atoms with E-state index in [2.05, 4.69) is 5.10 Å². The highest BCUT2D eigenvalue weighted by atomic mass is 16.5. The molecule has 4 rings (SSSR count). The molecule has 0 saturated heterocycles. The molecule has 33 heavy (non-hydrogen) atoms. The van der Waals surface area contributed by atoms with Crippen LogP contribution in [0.15, 0.2) is 71.5 Å². The van der Waals surface area contributed by atoms with Gasteiger partial charge in [-0.25, -0.2) is 9.48 Å². The maximum atomic E-state index is 13.0. The van der Waals surface area contributed by atoms with Crippen molar-refractivity contribution in [1.29, 1.82) is 0 Å². The molecule has 0 aliphatic rings. The van der Waals surface area contributed by atoms with E-state index in [1.807, 2.05) is 56.3 Å². The first-order valence-corrected chi connectivity index (χ1v) is 11.0. The number of carbonyl (C=O) groups excluding carboxylic acids is 2. The molecule has 0 saturated carbocycles. The molecule has 1 amide bonds. The van der Waals surface area contributed by atoms with E-state index < -0.39 is 12.6 Å². The van der Waals surface area contributed by atoms with Crippen LogP contribution in [0.1, 0.15) is 30.8 Å². The van der Waals surface area contributed by atoms with E-state index in [1.54, 1.807) is 29.2 Å². The second-order valence-electron chi connectivity index (χ2n) is 7.63. The molecule has 168 valence electrons. The number of amides is 1. The molecule has 0 bridgehead atoms. The smallest absolute Gasteiger partial charge is 0.359 e. The molecule has 1 heterocycles. The minimum Gasteiger partial charge on any atom is -0.451 e. The van der Waals surface area contributed by atoms with Crippen LogP contribution < -0.4 is 10.5 Å². The molecule has 0 radical (unpaired) electrons. The molecule has 0 atom stereocenters. The predicted molar refractivity (Wildman–Crippen MR) is 129 cm³/mol. The number of benzene rings is 3. The van der Waals surface area contributed by atoms with Gasteiger partial charge in [-0.3, -0.25) is 9.59 Å². The van der Waals surface area contributed by atoms with Crippen molar-refractivity contribution in [1.82, 2.24) is 9.78 Å². The Balaban J connectivity index is 1.60. The zero-order valence-electron chi connectivity index (χ0n) is 18.7. The first kappa shape index (κ1) is 22.2. The number of nitrogens with zero attached hydrogens (tertiary/aromatic N) is 3. The van der Waals surface area contributed by atoms with Crippen molar-refractivity contribution in [3.05, 3.63) is 82.8 Å². The summed E-state index contributed by atoms with van der Waals surface area (Å²) in [4.78, 5) is 40.2. The van der Waals surface area contributed by atoms with Gasteiger partial charge in [0.25, 0.3) is 11.5 Å². The van der Waals surface area contributed by atoms with Crippen molar-refractivity contribution in [2.24, 2.45) is 0 Å². The van der Waals surface area contributed by atoms with Crippen molar-refractivity contribution in [3.8, 4) is 0 Å². The average Bonchev–Trinajstić information content (AvgIpc) is 2.85.